The number of aromatic nitrogens is 20. The summed E-state index contributed by atoms with van der Waals surface area (Å²) in [5.41, 5.74) is 28.9. The summed E-state index contributed by atoms with van der Waals surface area (Å²) in [6.07, 6.45) is 30.6. The third-order valence-electron chi connectivity index (χ3n) is 23.2. The van der Waals surface area contributed by atoms with E-state index >= 15 is 0 Å². The molecule has 0 radical (unpaired) electrons. The number of hydrogen-bond donors (Lipinski definition) is 5. The van der Waals surface area contributed by atoms with Crippen LogP contribution < -0.4 is 0 Å². The van der Waals surface area contributed by atoms with Crippen LogP contribution in [0.25, 0.3) is 200 Å². The lowest BCUT2D eigenvalue weighted by Gasteiger charge is -2.11. The maximum Gasteiger partial charge on any atom is 0.159 e. The van der Waals surface area contributed by atoms with Crippen molar-refractivity contribution >= 4 is 65.8 Å². The summed E-state index contributed by atoms with van der Waals surface area (Å²) in [5.74, 6) is -2.76. The third kappa shape index (κ3) is 18.8. The van der Waals surface area contributed by atoms with Gasteiger partial charge in [-0.25, -0.2) is 36.3 Å². The van der Waals surface area contributed by atoms with Gasteiger partial charge in [-0.15, -0.1) is 0 Å². The van der Waals surface area contributed by atoms with Gasteiger partial charge in [0.2, 0.25) is 0 Å². The molecule has 662 valence electrons. The summed E-state index contributed by atoms with van der Waals surface area (Å²) in [7, 11) is 0. The second-order valence-corrected chi connectivity index (χ2v) is 32.0. The Labute approximate surface area is 778 Å². The Hall–Kier alpha value is -18.6. The molecule has 5 N–H and O–H groups in total. The maximum absolute atomic E-state index is 14.3. The molecule has 25 rings (SSSR count). The van der Waals surface area contributed by atoms with Crippen molar-refractivity contribution in [3.63, 3.8) is 0 Å². The van der Waals surface area contributed by atoms with E-state index in [-0.39, 0.29) is 23.3 Å². The van der Waals surface area contributed by atoms with Gasteiger partial charge in [0.1, 0.15) is 34.6 Å². The highest BCUT2D eigenvalue weighted by Crippen LogP contribution is 2.40. The average molecular weight is 1800 g/mol. The average Bonchev–Trinajstić information content (AvgIpc) is 1.80. The maximum atomic E-state index is 14.3. The van der Waals surface area contributed by atoms with Crippen molar-refractivity contribution in [3.05, 3.63) is 443 Å². The van der Waals surface area contributed by atoms with Gasteiger partial charge in [0.15, 0.2) is 11.6 Å². The van der Waals surface area contributed by atoms with Crippen LogP contribution in [-0.2, 0) is 0 Å². The van der Waals surface area contributed by atoms with Crippen molar-refractivity contribution in [2.24, 2.45) is 0 Å². The molecule has 20 nitrogen and oxygen atoms in total. The van der Waals surface area contributed by atoms with Crippen LogP contribution in [0.4, 0.5) is 26.3 Å². The Balaban J connectivity index is 0.000000102. The van der Waals surface area contributed by atoms with Crippen LogP contribution in [0, 0.1) is 48.8 Å². The minimum Gasteiger partial charge on any atom is -0.306 e. The van der Waals surface area contributed by atoms with Crippen molar-refractivity contribution in [3.8, 4) is 134 Å². The predicted molar refractivity (Wildman–Crippen MR) is 526 cm³/mol. The molecule has 0 bridgehead atoms. The van der Waals surface area contributed by atoms with E-state index in [2.05, 4.69) is 127 Å². The number of nitrogens with zero attached hydrogens (tertiary/aromatic N) is 15. The second-order valence-electron chi connectivity index (χ2n) is 32.0. The first-order valence-corrected chi connectivity index (χ1v) is 43.4. The molecule has 0 saturated heterocycles. The molecule has 0 aliphatic heterocycles. The molecule has 0 amide bonds. The first-order valence-electron chi connectivity index (χ1n) is 43.4. The molecule has 15 heterocycles. The number of hydrogen-bond acceptors (Lipinski definition) is 13. The number of aromatic amines is 5. The third-order valence-corrected chi connectivity index (χ3v) is 23.2. The zero-order valence-electron chi connectivity index (χ0n) is 73.0. The Morgan fingerprint density at radius 1 is 0.219 bits per heavy atom. The highest BCUT2D eigenvalue weighted by molar-refractivity contribution is 5.95. The highest BCUT2D eigenvalue weighted by atomic mass is 19.2. The first-order chi connectivity index (χ1) is 67.2. The van der Waals surface area contributed by atoms with Crippen molar-refractivity contribution < 1.29 is 26.3 Å². The van der Waals surface area contributed by atoms with E-state index in [4.69, 9.17) is 0 Å². The van der Waals surface area contributed by atoms with Gasteiger partial charge in [0.05, 0.1) is 92.7 Å². The van der Waals surface area contributed by atoms with Crippen LogP contribution in [-0.4, -0.2) is 99.7 Å². The van der Waals surface area contributed by atoms with Gasteiger partial charge in [-0.05, 0) is 236 Å². The Morgan fingerprint density at radius 2 is 0.547 bits per heavy atom. The molecule has 0 fully saturated rings. The van der Waals surface area contributed by atoms with E-state index in [1.54, 1.807) is 99.2 Å². The molecule has 0 atom stereocenters. The van der Waals surface area contributed by atoms with Gasteiger partial charge in [0.25, 0.3) is 0 Å². The molecular weight excluding hydrogens is 1730 g/mol. The summed E-state index contributed by atoms with van der Waals surface area (Å²) in [5, 5.41) is 40.2. The van der Waals surface area contributed by atoms with E-state index in [1.807, 2.05) is 235 Å². The number of fused-ring (bicyclic) bond motifs is 7. The van der Waals surface area contributed by atoms with Crippen molar-refractivity contribution in [2.45, 2.75) is 13.8 Å². The van der Waals surface area contributed by atoms with Crippen LogP contribution in [0.3, 0.4) is 0 Å². The molecule has 10 aromatic carbocycles. The number of rotatable bonds is 12. The fourth-order valence-corrected chi connectivity index (χ4v) is 16.4. The lowest BCUT2D eigenvalue weighted by Crippen LogP contribution is -1.94. The van der Waals surface area contributed by atoms with Crippen LogP contribution in [0.5, 0.6) is 0 Å². The Kier molecular flexibility index (Phi) is 24.5. The Bertz CT molecular complexity index is 8430. The zero-order chi connectivity index (χ0) is 93.2. The number of imidazole rings is 2. The van der Waals surface area contributed by atoms with Gasteiger partial charge < -0.3 is 8.80 Å². The monoisotopic (exact) mass is 1800 g/mol. The number of halogens is 6. The number of H-pyrrole nitrogens is 5. The second kappa shape index (κ2) is 38.8. The van der Waals surface area contributed by atoms with Crippen molar-refractivity contribution in [2.75, 3.05) is 0 Å². The molecule has 0 spiro atoms. The smallest absolute Gasteiger partial charge is 0.159 e. The molecule has 15 aromatic heterocycles. The number of aryl methyl sites for hydroxylation is 2. The van der Waals surface area contributed by atoms with E-state index in [9.17, 15) is 26.3 Å². The molecular formula is C111H76F6N20. The summed E-state index contributed by atoms with van der Waals surface area (Å²) in [6.45, 7) is 3.71. The molecule has 0 saturated carbocycles. The molecule has 26 heteroatoms. The van der Waals surface area contributed by atoms with Gasteiger partial charge in [0, 0.05) is 179 Å². The van der Waals surface area contributed by atoms with Gasteiger partial charge in [-0.3, -0.25) is 55.4 Å². The lowest BCUT2D eigenvalue weighted by molar-refractivity contribution is 0.509. The summed E-state index contributed by atoms with van der Waals surface area (Å²) >= 11 is 0. The van der Waals surface area contributed by atoms with E-state index in [1.165, 1.54) is 36.4 Å². The number of pyridine rings is 8. The first kappa shape index (κ1) is 86.4. The predicted octanol–water partition coefficient (Wildman–Crippen LogP) is 26.6. The fourth-order valence-electron chi connectivity index (χ4n) is 16.4. The van der Waals surface area contributed by atoms with E-state index < -0.39 is 11.6 Å². The SMILES string of the molecule is Cc1cc(-c2ncccc2-c2ccc3[nH]ncc3c2)ccc1F.Cc1ccc(F)c(-c2ncccc2-c2ccc3nccn3c2)c1.Fc1ccc(-c2ncccc2-c2ccc3[nH]ncc3c2)cc1F.Fc1cccc(-c2ncccc2-c2ccc3nccn3c2)c1.Fc1ccccc1-c1ncccc1-c1ccc2[nH]ncc2c1.c1cnc(-c2ccc3[nH]ncc3c2)c(-c2ccc3[nH]ncc3c2)c1. The quantitative estimate of drug-likeness (QED) is 0.0714. The van der Waals surface area contributed by atoms with Gasteiger partial charge in [-0.2, -0.15) is 25.5 Å². The van der Waals surface area contributed by atoms with Crippen molar-refractivity contribution in [1.82, 2.24) is 99.7 Å². The van der Waals surface area contributed by atoms with E-state index in [0.29, 0.717) is 39.3 Å². The van der Waals surface area contributed by atoms with Gasteiger partial charge in [-0.1, -0.05) is 103 Å². The van der Waals surface area contributed by atoms with Crippen LogP contribution in [0.2, 0.25) is 0 Å². The topological polar surface area (TPSA) is 255 Å². The van der Waals surface area contributed by atoms with E-state index in [0.717, 1.165) is 184 Å². The number of nitrogens with one attached hydrogen (secondary N) is 5. The Morgan fingerprint density at radius 3 is 0.971 bits per heavy atom. The molecule has 0 unspecified atom stereocenters. The normalized spacial score (nSPS) is 11.1. The summed E-state index contributed by atoms with van der Waals surface area (Å²) < 4.78 is 86.1. The minimum absolute atomic E-state index is 0.203. The number of benzene rings is 10. The molecule has 137 heavy (non-hydrogen) atoms. The molecule has 0 aliphatic rings. The highest BCUT2D eigenvalue weighted by Gasteiger charge is 2.20. The fraction of sp³-hybridized carbons (Fsp3) is 0.0180. The largest absolute Gasteiger partial charge is 0.306 e. The van der Waals surface area contributed by atoms with Crippen molar-refractivity contribution in [1.29, 1.82) is 0 Å². The van der Waals surface area contributed by atoms with Crippen LogP contribution >= 0.6 is 0 Å². The van der Waals surface area contributed by atoms with Crippen LogP contribution in [0.15, 0.2) is 397 Å². The summed E-state index contributed by atoms with van der Waals surface area (Å²) in [6, 6.07) is 88.8. The minimum atomic E-state index is -0.885. The lowest BCUT2D eigenvalue weighted by atomic mass is 9.97. The van der Waals surface area contributed by atoms with Crippen LogP contribution in [0.1, 0.15) is 11.1 Å². The molecule has 25 aromatic rings. The summed E-state index contributed by atoms with van der Waals surface area (Å²) in [4.78, 5) is 35.3. The zero-order valence-corrected chi connectivity index (χ0v) is 73.0. The molecule has 0 aliphatic carbocycles. The van der Waals surface area contributed by atoms with Gasteiger partial charge >= 0.3 is 0 Å². The standard InChI is InChI=1S/2C19H14FN3.C19H13N5.C18H11F2N3.2C18H12FN3/c1-12-9-14(4-6-17(12)20)19-16(3-2-8-21-19)13-5-7-18-15(10-13)11-22-23-18;1-13-4-6-17(20)16(11-13)19-15(3-2-8-22-19)14-5-7-18-21-9-10-23(18)12-14;1-2-16(12-3-5-17-14(8-12)10-21-23-17)19(20-7-1)13-4-6-18-15(9-13)11-22-24-18;19-15-5-3-12(9-16(15)20)18-14(2-1-7-21-18)11-4-6-17-13(8-11)10-22-23-17;19-15-4-1-3-13(11-15)18-16(5-2-8-21-18)14-6-7-17-20-9-10-22(17)12-14;19-16-6-2-1-4-15(16)18-14(5-3-9-20-18)12-7-8-17-13(10-12)11-21-22-17/h2-11H,1H3,(H,22,23);2-12H,1H3;1-11H,(H,21,23)(H,22,24);1-10H,(H,22,23);1-12H;1-11H,(H,21,22).